The maximum absolute atomic E-state index is 12.6. The molecule has 1 aliphatic rings. The Morgan fingerprint density at radius 2 is 2.15 bits per heavy atom. The molecule has 1 fully saturated rings. The topological polar surface area (TPSA) is 82.2 Å². The molecular weight excluding hydrogens is 360 g/mol. The summed E-state index contributed by atoms with van der Waals surface area (Å²) in [6.07, 6.45) is 1.82. The maximum Gasteiger partial charge on any atom is 0.242 e. The first-order chi connectivity index (χ1) is 13.2. The van der Waals surface area contributed by atoms with Crippen molar-refractivity contribution in [2.45, 2.75) is 31.7 Å². The number of hydrogen-bond acceptors (Lipinski definition) is 6. The lowest BCUT2D eigenvalue weighted by atomic mass is 9.95. The molecule has 2 aromatic heterocycles. The van der Waals surface area contributed by atoms with E-state index in [1.54, 1.807) is 6.07 Å². The SMILES string of the molecule is C[C@H](C(=O)Nc1sccc1C#N)N1CCC(c2nc3ccccc3o2)CC1. The third-order valence-corrected chi connectivity index (χ3v) is 5.97. The van der Waals surface area contributed by atoms with E-state index in [9.17, 15) is 4.79 Å². The van der Waals surface area contributed by atoms with Crippen LogP contribution in [0.2, 0.25) is 0 Å². The van der Waals surface area contributed by atoms with Crippen LogP contribution in [0.4, 0.5) is 5.00 Å². The van der Waals surface area contributed by atoms with Crippen molar-refractivity contribution in [3.8, 4) is 6.07 Å². The van der Waals surface area contributed by atoms with E-state index in [0.29, 0.717) is 10.6 Å². The number of nitrogens with one attached hydrogen (secondary N) is 1. The van der Waals surface area contributed by atoms with E-state index >= 15 is 0 Å². The zero-order valence-electron chi connectivity index (χ0n) is 15.0. The van der Waals surface area contributed by atoms with Crippen LogP contribution < -0.4 is 5.32 Å². The van der Waals surface area contributed by atoms with Crippen molar-refractivity contribution < 1.29 is 9.21 Å². The normalized spacial score (nSPS) is 16.9. The van der Waals surface area contributed by atoms with Crippen LogP contribution in [-0.4, -0.2) is 34.9 Å². The molecule has 0 spiro atoms. The number of fused-ring (bicyclic) bond motifs is 1. The molecule has 0 bridgehead atoms. The molecule has 4 rings (SSSR count). The zero-order chi connectivity index (χ0) is 18.8. The van der Waals surface area contributed by atoms with Crippen molar-refractivity contribution in [3.63, 3.8) is 0 Å². The number of para-hydroxylation sites is 2. The van der Waals surface area contributed by atoms with Gasteiger partial charge in [-0.1, -0.05) is 12.1 Å². The molecule has 0 saturated carbocycles. The van der Waals surface area contributed by atoms with Crippen molar-refractivity contribution in [1.29, 1.82) is 5.26 Å². The summed E-state index contributed by atoms with van der Waals surface area (Å²) in [4.78, 5) is 19.4. The largest absolute Gasteiger partial charge is 0.440 e. The number of rotatable bonds is 4. The number of nitrogens with zero attached hydrogens (tertiary/aromatic N) is 3. The number of oxazole rings is 1. The highest BCUT2D eigenvalue weighted by Gasteiger charge is 2.29. The molecule has 7 heteroatoms. The summed E-state index contributed by atoms with van der Waals surface area (Å²) >= 11 is 1.37. The molecule has 1 amide bonds. The predicted molar refractivity (Wildman–Crippen MR) is 105 cm³/mol. The van der Waals surface area contributed by atoms with Gasteiger partial charge in [0.05, 0.1) is 11.6 Å². The quantitative estimate of drug-likeness (QED) is 0.741. The fourth-order valence-corrected chi connectivity index (χ4v) is 4.22. The van der Waals surface area contributed by atoms with Gasteiger partial charge in [-0.05, 0) is 56.4 Å². The number of anilines is 1. The predicted octanol–water partition coefficient (Wildman–Crippen LogP) is 3.97. The minimum atomic E-state index is -0.247. The smallest absolute Gasteiger partial charge is 0.242 e. The third kappa shape index (κ3) is 3.59. The fourth-order valence-electron chi connectivity index (χ4n) is 3.47. The number of nitriles is 1. The highest BCUT2D eigenvalue weighted by Crippen LogP contribution is 2.31. The lowest BCUT2D eigenvalue weighted by Crippen LogP contribution is -2.45. The number of carbonyl (C=O) groups excluding carboxylic acids is 1. The lowest BCUT2D eigenvalue weighted by molar-refractivity contribution is -0.121. The summed E-state index contributed by atoms with van der Waals surface area (Å²) in [6.45, 7) is 3.54. The van der Waals surface area contributed by atoms with Gasteiger partial charge in [-0.2, -0.15) is 5.26 Å². The van der Waals surface area contributed by atoms with Gasteiger partial charge < -0.3 is 9.73 Å². The van der Waals surface area contributed by atoms with Gasteiger partial charge in [-0.15, -0.1) is 11.3 Å². The summed E-state index contributed by atoms with van der Waals surface area (Å²) < 4.78 is 5.91. The van der Waals surface area contributed by atoms with Crippen molar-refractivity contribution in [2.24, 2.45) is 0 Å². The van der Waals surface area contributed by atoms with Crippen LogP contribution in [0.3, 0.4) is 0 Å². The highest BCUT2D eigenvalue weighted by molar-refractivity contribution is 7.14. The van der Waals surface area contributed by atoms with Crippen molar-refractivity contribution in [1.82, 2.24) is 9.88 Å². The Kier molecular flexibility index (Phi) is 4.92. The van der Waals surface area contributed by atoms with E-state index in [0.717, 1.165) is 42.9 Å². The van der Waals surface area contributed by atoms with E-state index in [1.165, 1.54) is 11.3 Å². The second kappa shape index (κ2) is 7.51. The molecule has 1 saturated heterocycles. The number of piperidine rings is 1. The van der Waals surface area contributed by atoms with Crippen LogP contribution >= 0.6 is 11.3 Å². The molecule has 27 heavy (non-hydrogen) atoms. The Morgan fingerprint density at radius 3 is 2.89 bits per heavy atom. The Morgan fingerprint density at radius 1 is 1.37 bits per heavy atom. The molecule has 0 aliphatic carbocycles. The number of likely N-dealkylation sites (tertiary alicyclic amines) is 1. The van der Waals surface area contributed by atoms with E-state index in [-0.39, 0.29) is 17.9 Å². The van der Waals surface area contributed by atoms with Crippen LogP contribution in [-0.2, 0) is 4.79 Å². The van der Waals surface area contributed by atoms with E-state index < -0.39 is 0 Å². The monoisotopic (exact) mass is 380 g/mol. The molecule has 138 valence electrons. The Labute approximate surface area is 161 Å². The average Bonchev–Trinajstić information content (AvgIpc) is 3.33. The first-order valence-electron chi connectivity index (χ1n) is 9.03. The standard InChI is InChI=1S/C20H20N4O2S/c1-13(18(25)23-20-15(12-21)8-11-27-20)24-9-6-14(7-10-24)19-22-16-4-2-3-5-17(16)26-19/h2-5,8,11,13-14H,6-7,9-10H2,1H3,(H,23,25)/t13-/m1/s1. The Bertz CT molecular complexity index is 962. The Hall–Kier alpha value is -2.69. The van der Waals surface area contributed by atoms with Gasteiger partial charge >= 0.3 is 0 Å². The average molecular weight is 380 g/mol. The van der Waals surface area contributed by atoms with Crippen LogP contribution in [0.5, 0.6) is 0 Å². The number of hydrogen-bond donors (Lipinski definition) is 1. The van der Waals surface area contributed by atoms with E-state index in [1.807, 2.05) is 36.6 Å². The molecule has 3 aromatic rings. The second-order valence-corrected chi connectivity index (χ2v) is 7.69. The molecule has 3 heterocycles. The minimum Gasteiger partial charge on any atom is -0.440 e. The van der Waals surface area contributed by atoms with Crippen LogP contribution in [0.25, 0.3) is 11.1 Å². The fraction of sp³-hybridized carbons (Fsp3) is 0.350. The Balaban J connectivity index is 1.37. The van der Waals surface area contributed by atoms with Gasteiger partial charge in [0.1, 0.15) is 16.6 Å². The number of benzene rings is 1. The minimum absolute atomic E-state index is 0.0748. The van der Waals surface area contributed by atoms with Gasteiger partial charge in [-0.25, -0.2) is 4.98 Å². The number of aromatic nitrogens is 1. The van der Waals surface area contributed by atoms with Crippen molar-refractivity contribution in [2.75, 3.05) is 18.4 Å². The summed E-state index contributed by atoms with van der Waals surface area (Å²) in [7, 11) is 0. The van der Waals surface area contributed by atoms with Crippen LogP contribution in [0.1, 0.15) is 37.1 Å². The van der Waals surface area contributed by atoms with Gasteiger partial charge in [0.2, 0.25) is 5.91 Å². The summed E-state index contributed by atoms with van der Waals surface area (Å²) in [5.41, 5.74) is 2.23. The molecule has 6 nitrogen and oxygen atoms in total. The zero-order valence-corrected chi connectivity index (χ0v) is 15.8. The summed E-state index contributed by atoms with van der Waals surface area (Å²) in [6, 6.07) is 11.4. The molecule has 1 aliphatic heterocycles. The van der Waals surface area contributed by atoms with Gasteiger partial charge in [-0.3, -0.25) is 9.69 Å². The van der Waals surface area contributed by atoms with Crippen LogP contribution in [0.15, 0.2) is 40.1 Å². The first kappa shape index (κ1) is 17.7. The van der Waals surface area contributed by atoms with E-state index in [2.05, 4.69) is 21.3 Å². The van der Waals surface area contributed by atoms with Gasteiger partial charge in [0.15, 0.2) is 11.5 Å². The van der Waals surface area contributed by atoms with Gasteiger partial charge in [0.25, 0.3) is 0 Å². The number of amides is 1. The van der Waals surface area contributed by atoms with Crippen LogP contribution in [0, 0.1) is 11.3 Å². The summed E-state index contributed by atoms with van der Waals surface area (Å²) in [5.74, 6) is 1.01. The third-order valence-electron chi connectivity index (χ3n) is 5.14. The van der Waals surface area contributed by atoms with Crippen molar-refractivity contribution in [3.05, 3.63) is 47.2 Å². The van der Waals surface area contributed by atoms with Gasteiger partial charge in [0, 0.05) is 5.92 Å². The molecule has 1 N–H and O–H groups in total. The second-order valence-electron chi connectivity index (χ2n) is 6.77. The summed E-state index contributed by atoms with van der Waals surface area (Å²) in [5, 5.41) is 14.4. The first-order valence-corrected chi connectivity index (χ1v) is 9.91. The van der Waals surface area contributed by atoms with E-state index in [4.69, 9.17) is 9.68 Å². The molecule has 1 aromatic carbocycles. The highest BCUT2D eigenvalue weighted by atomic mass is 32.1. The molecular formula is C20H20N4O2S. The maximum atomic E-state index is 12.6. The number of thiophene rings is 1. The molecule has 0 unspecified atom stereocenters. The molecule has 0 radical (unpaired) electrons. The number of carbonyl (C=O) groups is 1. The van der Waals surface area contributed by atoms with Crippen molar-refractivity contribution >= 4 is 33.3 Å². The molecule has 1 atom stereocenters. The lowest BCUT2D eigenvalue weighted by Gasteiger charge is -2.34.